The number of nitrogens with zero attached hydrogens (tertiary/aromatic N) is 1. The number of hydrogen-bond acceptors (Lipinski definition) is 2. The predicted molar refractivity (Wildman–Crippen MR) is 116 cm³/mol. The third kappa shape index (κ3) is 7.55. The molecule has 0 aliphatic heterocycles. The van der Waals surface area contributed by atoms with Crippen molar-refractivity contribution in [2.24, 2.45) is 5.92 Å². The molecule has 2 rings (SSSR count). The first-order valence-corrected chi connectivity index (χ1v) is 10.1. The Bertz CT molecular complexity index is 844. The molecular formula is C21H24Cl2FN3O2. The summed E-state index contributed by atoms with van der Waals surface area (Å²) in [5.41, 5.74) is 1.03. The van der Waals surface area contributed by atoms with E-state index in [1.54, 1.807) is 18.2 Å². The molecule has 5 nitrogen and oxygen atoms in total. The molecule has 0 spiro atoms. The molecule has 0 aromatic heterocycles. The first-order valence-electron chi connectivity index (χ1n) is 9.32. The van der Waals surface area contributed by atoms with Crippen LogP contribution in [0.1, 0.15) is 26.7 Å². The molecule has 156 valence electrons. The van der Waals surface area contributed by atoms with Gasteiger partial charge in [-0.2, -0.15) is 0 Å². The van der Waals surface area contributed by atoms with E-state index >= 15 is 0 Å². The second-order valence-electron chi connectivity index (χ2n) is 6.99. The highest BCUT2D eigenvalue weighted by molar-refractivity contribution is 6.42. The topological polar surface area (TPSA) is 61.4 Å². The minimum atomic E-state index is -0.400. The van der Waals surface area contributed by atoms with Gasteiger partial charge in [0.15, 0.2) is 0 Å². The van der Waals surface area contributed by atoms with Crippen LogP contribution in [0.3, 0.4) is 0 Å². The number of benzene rings is 2. The molecule has 3 amide bonds. The summed E-state index contributed by atoms with van der Waals surface area (Å²) in [5, 5.41) is 6.32. The number of carbonyl (C=O) groups excluding carboxylic acids is 2. The van der Waals surface area contributed by atoms with E-state index in [2.05, 4.69) is 10.6 Å². The zero-order valence-electron chi connectivity index (χ0n) is 16.3. The van der Waals surface area contributed by atoms with Crippen molar-refractivity contribution in [2.45, 2.75) is 26.7 Å². The van der Waals surface area contributed by atoms with E-state index < -0.39 is 6.03 Å². The Labute approximate surface area is 180 Å². The van der Waals surface area contributed by atoms with E-state index in [0.29, 0.717) is 47.4 Å². The van der Waals surface area contributed by atoms with Crippen molar-refractivity contribution >= 4 is 46.5 Å². The fraction of sp³-hybridized carbons (Fsp3) is 0.333. The van der Waals surface area contributed by atoms with Crippen LogP contribution in [0.2, 0.25) is 10.0 Å². The lowest BCUT2D eigenvalue weighted by Gasteiger charge is -2.23. The van der Waals surface area contributed by atoms with E-state index in [0.717, 1.165) is 0 Å². The van der Waals surface area contributed by atoms with Crippen LogP contribution in [0, 0.1) is 11.7 Å². The summed E-state index contributed by atoms with van der Waals surface area (Å²) in [6.07, 6.45) is 0.996. The number of urea groups is 1. The van der Waals surface area contributed by atoms with Gasteiger partial charge in [0, 0.05) is 30.9 Å². The number of halogens is 3. The van der Waals surface area contributed by atoms with Crippen molar-refractivity contribution in [3.8, 4) is 0 Å². The zero-order chi connectivity index (χ0) is 21.4. The van der Waals surface area contributed by atoms with Crippen LogP contribution in [0.4, 0.5) is 20.6 Å². The summed E-state index contributed by atoms with van der Waals surface area (Å²) in [6, 6.07) is 10.0. The van der Waals surface area contributed by atoms with Crippen LogP contribution >= 0.6 is 23.2 Å². The first-order chi connectivity index (χ1) is 13.8. The smallest absolute Gasteiger partial charge is 0.326 e. The van der Waals surface area contributed by atoms with Gasteiger partial charge in [-0.05, 0) is 54.8 Å². The molecule has 0 radical (unpaired) electrons. The highest BCUT2D eigenvalue weighted by atomic mass is 35.5. The van der Waals surface area contributed by atoms with Crippen molar-refractivity contribution in [1.82, 2.24) is 5.32 Å². The molecule has 2 aromatic rings. The van der Waals surface area contributed by atoms with Crippen LogP contribution in [-0.4, -0.2) is 25.0 Å². The molecule has 0 unspecified atom stereocenters. The van der Waals surface area contributed by atoms with E-state index in [9.17, 15) is 14.0 Å². The molecule has 2 N–H and O–H groups in total. The second-order valence-corrected chi connectivity index (χ2v) is 7.80. The molecule has 0 saturated heterocycles. The largest absolute Gasteiger partial charge is 0.356 e. The standard InChI is InChI=1S/C21H24Cl2FN3O2/c1-14(2)12-20(28)25-10-3-11-27(17-7-4-15(24)5-8-17)21(29)26-16-6-9-18(22)19(23)13-16/h4-9,13-14H,3,10-12H2,1-2H3,(H,25,28)(H,26,29). The highest BCUT2D eigenvalue weighted by Crippen LogP contribution is 2.25. The Morgan fingerprint density at radius 2 is 1.76 bits per heavy atom. The molecule has 0 fully saturated rings. The maximum absolute atomic E-state index is 13.3. The molecular weight excluding hydrogens is 416 g/mol. The number of anilines is 2. The van der Waals surface area contributed by atoms with E-state index in [1.807, 2.05) is 13.8 Å². The maximum Gasteiger partial charge on any atom is 0.326 e. The van der Waals surface area contributed by atoms with Crippen LogP contribution in [-0.2, 0) is 4.79 Å². The monoisotopic (exact) mass is 439 g/mol. The lowest BCUT2D eigenvalue weighted by molar-refractivity contribution is -0.121. The SMILES string of the molecule is CC(C)CC(=O)NCCCN(C(=O)Nc1ccc(Cl)c(Cl)c1)c1ccc(F)cc1. The van der Waals surface area contributed by atoms with E-state index in [-0.39, 0.29) is 17.6 Å². The Hall–Kier alpha value is -2.31. The van der Waals surface area contributed by atoms with Gasteiger partial charge in [-0.15, -0.1) is 0 Å². The molecule has 8 heteroatoms. The third-order valence-corrected chi connectivity index (χ3v) is 4.77. The number of hydrogen-bond donors (Lipinski definition) is 2. The summed E-state index contributed by atoms with van der Waals surface area (Å²) in [5.74, 6) is -0.129. The van der Waals surface area contributed by atoms with Crippen LogP contribution in [0.25, 0.3) is 0 Å². The second kappa shape index (κ2) is 11.0. The fourth-order valence-electron chi connectivity index (χ4n) is 2.64. The average Bonchev–Trinajstić information content (AvgIpc) is 2.65. The van der Waals surface area contributed by atoms with Crippen LogP contribution < -0.4 is 15.5 Å². The molecule has 2 aromatic carbocycles. The normalized spacial score (nSPS) is 10.7. The summed E-state index contributed by atoms with van der Waals surface area (Å²) in [4.78, 5) is 26.1. The number of rotatable bonds is 8. The highest BCUT2D eigenvalue weighted by Gasteiger charge is 2.16. The average molecular weight is 440 g/mol. The van der Waals surface area contributed by atoms with Gasteiger partial charge in [0.2, 0.25) is 5.91 Å². The molecule has 0 atom stereocenters. The quantitative estimate of drug-likeness (QED) is 0.516. The summed E-state index contributed by atoms with van der Waals surface area (Å²) < 4.78 is 13.3. The van der Waals surface area contributed by atoms with Gasteiger partial charge in [0.25, 0.3) is 0 Å². The molecule has 0 bridgehead atoms. The van der Waals surface area contributed by atoms with Gasteiger partial charge >= 0.3 is 6.03 Å². The van der Waals surface area contributed by atoms with Gasteiger partial charge in [-0.3, -0.25) is 9.69 Å². The molecule has 0 heterocycles. The Kier molecular flexibility index (Phi) is 8.73. The third-order valence-electron chi connectivity index (χ3n) is 4.03. The van der Waals surface area contributed by atoms with Crippen molar-refractivity contribution in [2.75, 3.05) is 23.3 Å². The van der Waals surface area contributed by atoms with Crippen LogP contribution in [0.15, 0.2) is 42.5 Å². The van der Waals surface area contributed by atoms with Crippen molar-refractivity contribution in [1.29, 1.82) is 0 Å². The Balaban J connectivity index is 2.04. The number of nitrogens with one attached hydrogen (secondary N) is 2. The molecule has 0 saturated carbocycles. The Morgan fingerprint density at radius 1 is 1.07 bits per heavy atom. The maximum atomic E-state index is 13.3. The summed E-state index contributed by atoms with van der Waals surface area (Å²) in [7, 11) is 0. The van der Waals surface area contributed by atoms with Crippen LogP contribution in [0.5, 0.6) is 0 Å². The molecule has 29 heavy (non-hydrogen) atoms. The van der Waals surface area contributed by atoms with Crippen molar-refractivity contribution < 1.29 is 14.0 Å². The fourth-order valence-corrected chi connectivity index (χ4v) is 2.94. The van der Waals surface area contributed by atoms with E-state index in [4.69, 9.17) is 23.2 Å². The first kappa shape index (κ1) is 23.0. The van der Waals surface area contributed by atoms with Gasteiger partial charge in [0.05, 0.1) is 10.0 Å². The van der Waals surface area contributed by atoms with Gasteiger partial charge in [-0.25, -0.2) is 9.18 Å². The van der Waals surface area contributed by atoms with Gasteiger partial charge in [-0.1, -0.05) is 37.0 Å². The van der Waals surface area contributed by atoms with Crippen molar-refractivity contribution in [3.63, 3.8) is 0 Å². The molecule has 0 aliphatic rings. The number of amides is 3. The zero-order valence-corrected chi connectivity index (χ0v) is 17.9. The minimum Gasteiger partial charge on any atom is -0.356 e. The van der Waals surface area contributed by atoms with E-state index in [1.165, 1.54) is 29.2 Å². The van der Waals surface area contributed by atoms with Gasteiger partial charge < -0.3 is 10.6 Å². The minimum absolute atomic E-state index is 0.0198. The van der Waals surface area contributed by atoms with Crippen molar-refractivity contribution in [3.05, 3.63) is 58.3 Å². The van der Waals surface area contributed by atoms with Gasteiger partial charge in [0.1, 0.15) is 5.82 Å². The lowest BCUT2D eigenvalue weighted by atomic mass is 10.1. The predicted octanol–water partition coefficient (Wildman–Crippen LogP) is 5.72. The summed E-state index contributed by atoms with van der Waals surface area (Å²) >= 11 is 11.9. The lowest BCUT2D eigenvalue weighted by Crippen LogP contribution is -2.37. The number of carbonyl (C=O) groups is 2. The molecule has 0 aliphatic carbocycles. The Morgan fingerprint density at radius 3 is 2.38 bits per heavy atom. The summed E-state index contributed by atoms with van der Waals surface area (Å²) in [6.45, 7) is 4.72.